The molecule has 0 aliphatic carbocycles. The molecule has 0 saturated carbocycles. The van der Waals surface area contributed by atoms with Crippen molar-refractivity contribution in [1.29, 1.82) is 0 Å². The Bertz CT molecular complexity index is 467. The Hall–Kier alpha value is -1.08. The summed E-state index contributed by atoms with van der Waals surface area (Å²) in [6.07, 6.45) is -2.60. The molecule has 1 saturated heterocycles. The van der Waals surface area contributed by atoms with Crippen LogP contribution in [0.5, 0.6) is 0 Å². The van der Waals surface area contributed by atoms with Gasteiger partial charge in [0, 0.05) is 12.6 Å². The largest absolute Gasteiger partial charge is 0.419 e. The average Bonchev–Trinajstić information content (AvgIpc) is 2.40. The zero-order valence-corrected chi connectivity index (χ0v) is 11.8. The Morgan fingerprint density at radius 2 is 2.20 bits per heavy atom. The molecule has 0 amide bonds. The number of anilines is 1. The van der Waals surface area contributed by atoms with Gasteiger partial charge in [-0.15, -0.1) is 10.2 Å². The molecule has 1 fully saturated rings. The summed E-state index contributed by atoms with van der Waals surface area (Å²) in [6, 6.07) is 1.00. The molecule has 0 unspecified atom stereocenters. The van der Waals surface area contributed by atoms with Gasteiger partial charge in [-0.25, -0.2) is 0 Å². The van der Waals surface area contributed by atoms with Gasteiger partial charge in [0.2, 0.25) is 0 Å². The summed E-state index contributed by atoms with van der Waals surface area (Å²) in [5.41, 5.74) is -0.958. The Balaban J connectivity index is 2.10. The van der Waals surface area contributed by atoms with Crippen LogP contribution in [0.3, 0.4) is 0 Å². The molecule has 0 bridgehead atoms. The Morgan fingerprint density at radius 1 is 1.45 bits per heavy atom. The Kier molecular flexibility index (Phi) is 4.70. The number of likely N-dealkylation sites (tertiary alicyclic amines) is 1. The van der Waals surface area contributed by atoms with E-state index in [1.54, 1.807) is 0 Å². The average molecular weight is 309 g/mol. The van der Waals surface area contributed by atoms with Crippen molar-refractivity contribution in [3.05, 3.63) is 16.8 Å². The minimum absolute atomic E-state index is 0.0836. The van der Waals surface area contributed by atoms with Crippen molar-refractivity contribution in [2.24, 2.45) is 0 Å². The lowest BCUT2D eigenvalue weighted by molar-refractivity contribution is -0.137. The highest BCUT2D eigenvalue weighted by Crippen LogP contribution is 2.34. The predicted molar refractivity (Wildman–Crippen MR) is 70.8 cm³/mol. The van der Waals surface area contributed by atoms with Crippen LogP contribution in [-0.2, 0) is 6.18 Å². The van der Waals surface area contributed by atoms with E-state index in [0.29, 0.717) is 0 Å². The first kappa shape index (κ1) is 15.3. The highest BCUT2D eigenvalue weighted by atomic mass is 35.5. The first-order chi connectivity index (χ1) is 9.40. The van der Waals surface area contributed by atoms with Gasteiger partial charge in [-0.3, -0.25) is 0 Å². The van der Waals surface area contributed by atoms with Gasteiger partial charge in [0.15, 0.2) is 5.15 Å². The van der Waals surface area contributed by atoms with Crippen molar-refractivity contribution in [2.75, 3.05) is 25.0 Å². The third-order valence-electron chi connectivity index (χ3n) is 3.36. The molecule has 0 aromatic carbocycles. The molecular weight excluding hydrogens is 293 g/mol. The lowest BCUT2D eigenvalue weighted by Crippen LogP contribution is -2.42. The van der Waals surface area contributed by atoms with E-state index in [1.807, 2.05) is 0 Å². The van der Waals surface area contributed by atoms with Gasteiger partial charge in [-0.05, 0) is 32.0 Å². The zero-order valence-electron chi connectivity index (χ0n) is 11.0. The van der Waals surface area contributed by atoms with Crippen LogP contribution in [0.4, 0.5) is 19.0 Å². The number of alkyl halides is 3. The van der Waals surface area contributed by atoms with Crippen LogP contribution < -0.4 is 5.32 Å². The van der Waals surface area contributed by atoms with Gasteiger partial charge >= 0.3 is 6.18 Å². The van der Waals surface area contributed by atoms with E-state index in [1.165, 1.54) is 0 Å². The number of halogens is 4. The first-order valence-corrected chi connectivity index (χ1v) is 6.87. The van der Waals surface area contributed by atoms with E-state index in [9.17, 15) is 13.2 Å². The molecule has 1 aliphatic rings. The molecule has 2 rings (SSSR count). The van der Waals surface area contributed by atoms with E-state index < -0.39 is 16.9 Å². The fourth-order valence-electron chi connectivity index (χ4n) is 2.32. The van der Waals surface area contributed by atoms with E-state index in [0.717, 1.165) is 38.5 Å². The normalized spacial score (nSPS) is 20.9. The van der Waals surface area contributed by atoms with Crippen LogP contribution in [0, 0.1) is 0 Å². The van der Waals surface area contributed by atoms with Crippen molar-refractivity contribution in [3.63, 3.8) is 0 Å². The van der Waals surface area contributed by atoms with E-state index >= 15 is 0 Å². The van der Waals surface area contributed by atoms with Crippen molar-refractivity contribution in [1.82, 2.24) is 15.1 Å². The summed E-state index contributed by atoms with van der Waals surface area (Å²) >= 11 is 5.44. The zero-order chi connectivity index (χ0) is 14.8. The third-order valence-corrected chi connectivity index (χ3v) is 3.64. The number of piperidine rings is 1. The van der Waals surface area contributed by atoms with Crippen LogP contribution >= 0.6 is 11.6 Å². The van der Waals surface area contributed by atoms with Crippen molar-refractivity contribution in [3.8, 4) is 0 Å². The minimum Gasteiger partial charge on any atom is -0.365 e. The summed E-state index contributed by atoms with van der Waals surface area (Å²) < 4.78 is 38.2. The maximum absolute atomic E-state index is 12.7. The summed E-state index contributed by atoms with van der Waals surface area (Å²) in [6.45, 7) is 4.81. The van der Waals surface area contributed by atoms with Crippen LogP contribution in [0.15, 0.2) is 6.07 Å². The second kappa shape index (κ2) is 6.13. The van der Waals surface area contributed by atoms with Crippen molar-refractivity contribution >= 4 is 17.4 Å². The van der Waals surface area contributed by atoms with Gasteiger partial charge in [-0.2, -0.15) is 13.2 Å². The van der Waals surface area contributed by atoms with Crippen molar-refractivity contribution in [2.45, 2.75) is 32.0 Å². The number of nitrogens with one attached hydrogen (secondary N) is 1. The summed E-state index contributed by atoms with van der Waals surface area (Å²) in [5.74, 6) is 0.115. The second-order valence-electron chi connectivity index (χ2n) is 4.81. The van der Waals surface area contributed by atoms with Gasteiger partial charge in [0.25, 0.3) is 0 Å². The molecule has 2 heterocycles. The maximum atomic E-state index is 12.7. The molecule has 112 valence electrons. The maximum Gasteiger partial charge on any atom is 0.419 e. The molecule has 4 nitrogen and oxygen atoms in total. The smallest absolute Gasteiger partial charge is 0.365 e. The summed E-state index contributed by atoms with van der Waals surface area (Å²) in [4.78, 5) is 2.25. The van der Waals surface area contributed by atoms with Crippen LogP contribution in [-0.4, -0.2) is 40.8 Å². The molecule has 20 heavy (non-hydrogen) atoms. The Morgan fingerprint density at radius 3 is 2.85 bits per heavy atom. The van der Waals surface area contributed by atoms with Gasteiger partial charge < -0.3 is 10.2 Å². The number of hydrogen-bond acceptors (Lipinski definition) is 4. The number of hydrogen-bond donors (Lipinski definition) is 1. The summed E-state index contributed by atoms with van der Waals surface area (Å²) in [7, 11) is 0. The van der Waals surface area contributed by atoms with Crippen LogP contribution in [0.2, 0.25) is 5.15 Å². The highest BCUT2D eigenvalue weighted by Gasteiger charge is 2.35. The fraction of sp³-hybridized carbons (Fsp3) is 0.667. The Labute approximate surface area is 120 Å². The van der Waals surface area contributed by atoms with Gasteiger partial charge in [0.1, 0.15) is 5.82 Å². The quantitative estimate of drug-likeness (QED) is 0.932. The van der Waals surface area contributed by atoms with E-state index in [2.05, 4.69) is 27.3 Å². The molecular formula is C12H16ClF3N4. The molecule has 0 radical (unpaired) electrons. The highest BCUT2D eigenvalue weighted by molar-refractivity contribution is 6.30. The number of likely N-dealkylation sites (N-methyl/N-ethyl adjacent to an activating group) is 1. The number of aromatic nitrogens is 2. The van der Waals surface area contributed by atoms with Gasteiger partial charge in [-0.1, -0.05) is 18.5 Å². The number of nitrogens with zero attached hydrogens (tertiary/aromatic N) is 3. The molecule has 1 aromatic heterocycles. The minimum atomic E-state index is -4.52. The number of rotatable bonds is 3. The van der Waals surface area contributed by atoms with Crippen LogP contribution in [0.25, 0.3) is 0 Å². The summed E-state index contributed by atoms with van der Waals surface area (Å²) in [5, 5.41) is 9.44. The fourth-order valence-corrected chi connectivity index (χ4v) is 2.52. The SMILES string of the molecule is CCN1CCC[C@@H](Nc2cc(C(F)(F)F)c(Cl)nn2)C1. The third kappa shape index (κ3) is 3.73. The molecule has 1 N–H and O–H groups in total. The first-order valence-electron chi connectivity index (χ1n) is 6.49. The molecule has 1 aromatic rings. The molecule has 0 spiro atoms. The second-order valence-corrected chi connectivity index (χ2v) is 5.17. The standard InChI is InChI=1S/C12H16ClF3N4/c1-2-20-5-3-4-8(7-20)17-10-6-9(12(14,15)16)11(13)19-18-10/h6,8H,2-5,7H2,1H3,(H,17,18)/t8-/m1/s1. The van der Waals surface area contributed by atoms with Crippen molar-refractivity contribution < 1.29 is 13.2 Å². The molecule has 1 aliphatic heterocycles. The lowest BCUT2D eigenvalue weighted by atomic mass is 10.1. The van der Waals surface area contributed by atoms with E-state index in [-0.39, 0.29) is 11.9 Å². The topological polar surface area (TPSA) is 41.0 Å². The predicted octanol–water partition coefficient (Wildman–Crippen LogP) is 3.05. The van der Waals surface area contributed by atoms with Gasteiger partial charge in [0.05, 0.1) is 5.56 Å². The molecule has 8 heteroatoms. The van der Waals surface area contributed by atoms with E-state index in [4.69, 9.17) is 11.6 Å². The molecule has 1 atom stereocenters. The monoisotopic (exact) mass is 308 g/mol. The van der Waals surface area contributed by atoms with Crippen LogP contribution in [0.1, 0.15) is 25.3 Å². The lowest BCUT2D eigenvalue weighted by Gasteiger charge is -2.32.